The Morgan fingerprint density at radius 3 is 2.38 bits per heavy atom. The van der Waals surface area contributed by atoms with Gasteiger partial charge in [-0.25, -0.2) is 28.6 Å². The molecule has 1 aliphatic rings. The van der Waals surface area contributed by atoms with Gasteiger partial charge in [-0.15, -0.1) is 0 Å². The van der Waals surface area contributed by atoms with Gasteiger partial charge in [0.25, 0.3) is 5.91 Å². The summed E-state index contributed by atoms with van der Waals surface area (Å²) < 4.78 is 62.4. The van der Waals surface area contributed by atoms with Crippen LogP contribution < -0.4 is 16.4 Å². The molecule has 7 unspecified atom stereocenters. The Morgan fingerprint density at radius 1 is 1.00 bits per heavy atom. The van der Waals surface area contributed by atoms with Crippen molar-refractivity contribution in [2.45, 2.75) is 102 Å². The quantitative estimate of drug-likeness (QED) is 0.0370. The lowest BCUT2D eigenvalue weighted by molar-refractivity contribution is -0.140. The standard InChI is InChI=1S/C28H50N7O16P3S2/c1-4-5-6-7-8-9-13-55-56-14-12-30-19(36)10-11-31-26(39)23(38)28(2,3)50-54(45,46)51-53(43,44)47-15-18-22(49-52(40,41)42)21(37)27(48-18)35-17-34-20-24(29)32-16-33-25(20)35/h16-18,21-23,27,37-38H,4-15H2,1-3H3,(H,30,36)(H,31,39)(H,43,44)(H,45,46)(H2,29,32,33)(H2,40,41,42). The minimum atomic E-state index is -5.64. The first-order valence-corrected chi connectivity index (χ1v) is 24.4. The summed E-state index contributed by atoms with van der Waals surface area (Å²) in [6.45, 7) is 3.26. The predicted octanol–water partition coefficient (Wildman–Crippen LogP) is 1.90. The molecule has 0 bridgehead atoms. The number of aromatic nitrogens is 4. The van der Waals surface area contributed by atoms with Crippen molar-refractivity contribution in [1.82, 2.24) is 30.2 Å². The largest absolute Gasteiger partial charge is 0.481 e. The second kappa shape index (κ2) is 22.0. The maximum absolute atomic E-state index is 12.8. The summed E-state index contributed by atoms with van der Waals surface area (Å²) in [6, 6.07) is 0. The number of carbonyl (C=O) groups excluding carboxylic acids is 2. The zero-order valence-corrected chi connectivity index (χ0v) is 35.1. The molecule has 320 valence electrons. The third kappa shape index (κ3) is 15.8. The molecule has 2 aromatic rings. The molecular weight excluding hydrogens is 847 g/mol. The molecule has 0 aromatic carbocycles. The Balaban J connectivity index is 1.46. The van der Waals surface area contributed by atoms with Gasteiger partial charge in [0, 0.05) is 31.0 Å². The monoisotopic (exact) mass is 897 g/mol. The van der Waals surface area contributed by atoms with Crippen LogP contribution in [0.2, 0.25) is 0 Å². The van der Waals surface area contributed by atoms with Gasteiger partial charge in [0.1, 0.15) is 35.8 Å². The topological polar surface area (TPSA) is 347 Å². The van der Waals surface area contributed by atoms with Crippen molar-refractivity contribution in [3.8, 4) is 0 Å². The van der Waals surface area contributed by atoms with Crippen molar-refractivity contribution in [2.75, 3.05) is 36.9 Å². The zero-order valence-electron chi connectivity index (χ0n) is 30.8. The SMILES string of the molecule is CCCCCCCCSSCCNC(=O)CCNC(=O)C(O)C(C)(C)OP(=O)(O)OP(=O)(O)OCC1OC(n2cnc3c(N)ncnc32)C(O)C1OP(=O)(O)O. The van der Waals surface area contributed by atoms with Gasteiger partial charge in [0.05, 0.1) is 12.9 Å². The smallest absolute Gasteiger partial charge is 0.386 e. The zero-order chi connectivity index (χ0) is 41.7. The van der Waals surface area contributed by atoms with Crippen LogP contribution >= 0.6 is 45.1 Å². The lowest BCUT2D eigenvalue weighted by atomic mass is 10.0. The van der Waals surface area contributed by atoms with E-state index >= 15 is 0 Å². The highest BCUT2D eigenvalue weighted by Gasteiger charge is 2.51. The molecule has 10 N–H and O–H groups in total. The van der Waals surface area contributed by atoms with Crippen LogP contribution in [0.4, 0.5) is 5.82 Å². The molecule has 28 heteroatoms. The molecule has 3 rings (SSSR count). The summed E-state index contributed by atoms with van der Waals surface area (Å²) in [6.07, 6.45) is 0.178. The van der Waals surface area contributed by atoms with Gasteiger partial charge < -0.3 is 50.9 Å². The van der Waals surface area contributed by atoms with Crippen LogP contribution in [0, 0.1) is 0 Å². The molecule has 56 heavy (non-hydrogen) atoms. The number of hydrogen-bond donors (Lipinski definition) is 9. The van der Waals surface area contributed by atoms with E-state index in [0.717, 1.165) is 43.2 Å². The summed E-state index contributed by atoms with van der Waals surface area (Å²) in [5.74, 6) is 0.230. The van der Waals surface area contributed by atoms with Crippen molar-refractivity contribution >= 4 is 73.9 Å². The van der Waals surface area contributed by atoms with Crippen LogP contribution in [0.3, 0.4) is 0 Å². The Kier molecular flexibility index (Phi) is 19.1. The van der Waals surface area contributed by atoms with Gasteiger partial charge in [-0.3, -0.25) is 27.7 Å². The molecule has 2 aromatic heterocycles. The fourth-order valence-corrected chi connectivity index (χ4v) is 10.2. The Hall–Kier alpha value is -1.76. The average molecular weight is 898 g/mol. The van der Waals surface area contributed by atoms with Crippen LogP contribution in [-0.2, 0) is 45.9 Å². The van der Waals surface area contributed by atoms with E-state index in [1.165, 1.54) is 32.1 Å². The van der Waals surface area contributed by atoms with Gasteiger partial charge in [0.2, 0.25) is 5.91 Å². The molecule has 0 spiro atoms. The number of ether oxygens (including phenoxy) is 1. The summed E-state index contributed by atoms with van der Waals surface area (Å²) in [5, 5.41) is 26.4. The second-order valence-corrected chi connectivity index (χ2v) is 19.8. The first-order chi connectivity index (χ1) is 26.2. The maximum Gasteiger partial charge on any atom is 0.481 e. The number of unbranched alkanes of at least 4 members (excludes halogenated alkanes) is 5. The summed E-state index contributed by atoms with van der Waals surface area (Å²) in [7, 11) is -13.2. The van der Waals surface area contributed by atoms with E-state index in [1.54, 1.807) is 21.6 Å². The van der Waals surface area contributed by atoms with Crippen LogP contribution in [0.15, 0.2) is 12.7 Å². The second-order valence-electron chi connectivity index (χ2n) is 12.9. The lowest BCUT2D eigenvalue weighted by Gasteiger charge is -2.31. The minimum Gasteiger partial charge on any atom is -0.386 e. The average Bonchev–Trinajstić information content (AvgIpc) is 3.65. The van der Waals surface area contributed by atoms with Crippen molar-refractivity contribution < 1.29 is 75.7 Å². The molecule has 0 aliphatic carbocycles. The van der Waals surface area contributed by atoms with E-state index in [0.29, 0.717) is 12.3 Å². The number of anilines is 1. The molecule has 23 nitrogen and oxygen atoms in total. The van der Waals surface area contributed by atoms with Gasteiger partial charge in [0.15, 0.2) is 23.8 Å². The Bertz CT molecular complexity index is 1740. The number of nitrogen functional groups attached to an aromatic ring is 1. The fraction of sp³-hybridized carbons (Fsp3) is 0.750. The van der Waals surface area contributed by atoms with E-state index in [2.05, 4.69) is 41.3 Å². The number of nitrogens with two attached hydrogens (primary N) is 1. The molecule has 7 atom stereocenters. The first-order valence-electron chi connectivity index (χ1n) is 17.4. The first kappa shape index (κ1) is 48.6. The number of nitrogens with one attached hydrogen (secondary N) is 2. The number of rotatable bonds is 26. The molecule has 3 heterocycles. The van der Waals surface area contributed by atoms with E-state index in [4.69, 9.17) is 19.5 Å². The number of imidazole rings is 1. The number of phosphoric acid groups is 3. The van der Waals surface area contributed by atoms with Gasteiger partial charge in [-0.1, -0.05) is 60.6 Å². The third-order valence-electron chi connectivity index (χ3n) is 7.92. The van der Waals surface area contributed by atoms with E-state index in [-0.39, 0.29) is 35.9 Å². The van der Waals surface area contributed by atoms with Crippen molar-refractivity contribution in [3.05, 3.63) is 12.7 Å². The van der Waals surface area contributed by atoms with Crippen molar-refractivity contribution in [1.29, 1.82) is 0 Å². The van der Waals surface area contributed by atoms with Crippen LogP contribution in [-0.4, -0.2) is 122 Å². The summed E-state index contributed by atoms with van der Waals surface area (Å²) in [4.78, 5) is 75.8. The van der Waals surface area contributed by atoms with Gasteiger partial charge >= 0.3 is 23.5 Å². The molecule has 0 radical (unpaired) electrons. The van der Waals surface area contributed by atoms with E-state index in [1.807, 2.05) is 0 Å². The van der Waals surface area contributed by atoms with E-state index < -0.39 is 72.2 Å². The van der Waals surface area contributed by atoms with Crippen LogP contribution in [0.1, 0.15) is 71.9 Å². The molecule has 1 saturated heterocycles. The number of fused-ring (bicyclic) bond motifs is 1. The number of aliphatic hydroxyl groups excluding tert-OH is 2. The number of carbonyl (C=O) groups is 2. The Morgan fingerprint density at radius 2 is 1.68 bits per heavy atom. The lowest BCUT2D eigenvalue weighted by Crippen LogP contribution is -2.49. The highest BCUT2D eigenvalue weighted by atomic mass is 33.1. The highest BCUT2D eigenvalue weighted by Crippen LogP contribution is 2.62. The molecule has 1 aliphatic heterocycles. The Labute approximate surface area is 330 Å². The normalized spacial score (nSPS) is 21.7. The molecular formula is C28H50N7O16P3S2. The highest BCUT2D eigenvalue weighted by molar-refractivity contribution is 8.76. The van der Waals surface area contributed by atoms with Crippen molar-refractivity contribution in [2.24, 2.45) is 0 Å². The minimum absolute atomic E-state index is 0.0324. The number of amides is 2. The number of aliphatic hydroxyl groups is 2. The van der Waals surface area contributed by atoms with E-state index in [9.17, 15) is 53.1 Å². The molecule has 2 amide bonds. The van der Waals surface area contributed by atoms with Crippen LogP contribution in [0.5, 0.6) is 0 Å². The van der Waals surface area contributed by atoms with Gasteiger partial charge in [-0.2, -0.15) is 4.31 Å². The predicted molar refractivity (Wildman–Crippen MR) is 203 cm³/mol. The van der Waals surface area contributed by atoms with Crippen LogP contribution in [0.25, 0.3) is 11.2 Å². The number of hydrogen-bond acceptors (Lipinski definition) is 18. The van der Waals surface area contributed by atoms with Crippen molar-refractivity contribution in [3.63, 3.8) is 0 Å². The number of nitrogens with zero attached hydrogens (tertiary/aromatic N) is 4. The fourth-order valence-electron chi connectivity index (χ4n) is 5.21. The molecule has 1 fully saturated rings. The number of phosphoric ester groups is 3. The third-order valence-corrected chi connectivity index (χ3v) is 13.8. The maximum atomic E-state index is 12.8. The molecule has 0 saturated carbocycles. The van der Waals surface area contributed by atoms with Gasteiger partial charge in [-0.05, 0) is 20.3 Å². The summed E-state index contributed by atoms with van der Waals surface area (Å²) in [5.41, 5.74) is 3.67. The summed E-state index contributed by atoms with van der Waals surface area (Å²) >= 11 is 0.